The van der Waals surface area contributed by atoms with Gasteiger partial charge in [0.1, 0.15) is 17.5 Å². The van der Waals surface area contributed by atoms with E-state index >= 15 is 0 Å². The molecule has 0 aliphatic carbocycles. The lowest BCUT2D eigenvalue weighted by molar-refractivity contribution is 0.0874. The summed E-state index contributed by atoms with van der Waals surface area (Å²) in [6, 6.07) is 0. The van der Waals surface area contributed by atoms with Gasteiger partial charge in [-0.05, 0) is 27.7 Å². The van der Waals surface area contributed by atoms with E-state index in [4.69, 9.17) is 5.84 Å². The predicted octanol–water partition coefficient (Wildman–Crippen LogP) is 1.79. The molecular formula is C14H27N5O. The molecule has 1 heterocycles. The lowest BCUT2D eigenvalue weighted by Gasteiger charge is -2.30. The second kappa shape index (κ2) is 6.37. The fourth-order valence-corrected chi connectivity index (χ4v) is 2.03. The van der Waals surface area contributed by atoms with Crippen molar-refractivity contribution < 1.29 is 5.11 Å². The summed E-state index contributed by atoms with van der Waals surface area (Å²) in [5.41, 5.74) is 2.73. The highest BCUT2D eigenvalue weighted by Gasteiger charge is 2.22. The minimum atomic E-state index is -0.790. The third-order valence-corrected chi connectivity index (χ3v) is 3.05. The zero-order chi connectivity index (χ0) is 15.5. The van der Waals surface area contributed by atoms with Crippen molar-refractivity contribution in [3.05, 3.63) is 11.4 Å². The Bertz CT molecular complexity index is 454. The second-order valence-corrected chi connectivity index (χ2v) is 6.00. The maximum absolute atomic E-state index is 10.1. The molecule has 1 aromatic heterocycles. The predicted molar refractivity (Wildman–Crippen MR) is 82.9 cm³/mol. The van der Waals surface area contributed by atoms with Crippen LogP contribution < -0.4 is 16.2 Å². The van der Waals surface area contributed by atoms with Gasteiger partial charge < -0.3 is 15.4 Å². The highest BCUT2D eigenvalue weighted by Crippen LogP contribution is 2.26. The lowest BCUT2D eigenvalue weighted by atomic mass is 10.1. The van der Waals surface area contributed by atoms with Gasteiger partial charge in [0, 0.05) is 24.6 Å². The molecule has 0 amide bonds. The third kappa shape index (κ3) is 4.05. The van der Waals surface area contributed by atoms with Gasteiger partial charge in [0.2, 0.25) is 0 Å². The highest BCUT2D eigenvalue weighted by molar-refractivity contribution is 5.58. The Balaban J connectivity index is 3.29. The largest absolute Gasteiger partial charge is 0.389 e. The summed E-state index contributed by atoms with van der Waals surface area (Å²) in [4.78, 5) is 11.1. The third-order valence-electron chi connectivity index (χ3n) is 3.05. The molecule has 0 aliphatic rings. The van der Waals surface area contributed by atoms with Crippen LogP contribution in [-0.4, -0.2) is 33.8 Å². The van der Waals surface area contributed by atoms with Crippen LogP contribution in [0.2, 0.25) is 0 Å². The molecule has 6 nitrogen and oxygen atoms in total. The molecule has 1 aromatic rings. The quantitative estimate of drug-likeness (QED) is 0.544. The van der Waals surface area contributed by atoms with Crippen molar-refractivity contribution in [1.29, 1.82) is 0 Å². The van der Waals surface area contributed by atoms with E-state index in [2.05, 4.69) is 15.4 Å². The molecule has 4 N–H and O–H groups in total. The van der Waals surface area contributed by atoms with Gasteiger partial charge in [-0.1, -0.05) is 13.8 Å². The van der Waals surface area contributed by atoms with Crippen LogP contribution in [0.4, 0.5) is 11.6 Å². The van der Waals surface area contributed by atoms with Crippen molar-refractivity contribution in [1.82, 2.24) is 9.97 Å². The maximum atomic E-state index is 10.1. The van der Waals surface area contributed by atoms with Gasteiger partial charge in [0.05, 0.1) is 5.60 Å². The van der Waals surface area contributed by atoms with Crippen LogP contribution in [0.25, 0.3) is 0 Å². The Morgan fingerprint density at radius 3 is 2.35 bits per heavy atom. The second-order valence-electron chi connectivity index (χ2n) is 6.00. The zero-order valence-corrected chi connectivity index (χ0v) is 13.4. The average Bonchev–Trinajstić information content (AvgIpc) is 2.35. The van der Waals surface area contributed by atoms with E-state index < -0.39 is 5.60 Å². The molecule has 0 aliphatic heterocycles. The van der Waals surface area contributed by atoms with Crippen molar-refractivity contribution in [3.8, 4) is 0 Å². The molecule has 0 spiro atoms. The number of nitrogen functional groups attached to an aromatic ring is 1. The number of anilines is 2. The number of likely N-dealkylation sites (N-methyl/N-ethyl adjacent to an activating group) is 1. The molecule has 0 fully saturated rings. The summed E-state index contributed by atoms with van der Waals surface area (Å²) in [5.74, 6) is 7.96. The standard InChI is InChI=1S/C14H27N5O/c1-7-19(8-14(5,6)20)13-10(4)12(18-15)16-11(17-13)9(2)3/h9,20H,7-8,15H2,1-6H3,(H,16,17,18). The summed E-state index contributed by atoms with van der Waals surface area (Å²) in [5, 5.41) is 10.1. The number of nitrogens with one attached hydrogen (secondary N) is 1. The Morgan fingerprint density at radius 2 is 1.95 bits per heavy atom. The minimum Gasteiger partial charge on any atom is -0.389 e. The first-order valence-corrected chi connectivity index (χ1v) is 7.02. The fraction of sp³-hybridized carbons (Fsp3) is 0.714. The van der Waals surface area contributed by atoms with Gasteiger partial charge in [0.15, 0.2) is 0 Å². The van der Waals surface area contributed by atoms with Gasteiger partial charge >= 0.3 is 0 Å². The number of rotatable bonds is 6. The van der Waals surface area contributed by atoms with Crippen LogP contribution in [0, 0.1) is 6.92 Å². The molecule has 1 rings (SSSR count). The number of hydrazine groups is 1. The van der Waals surface area contributed by atoms with Gasteiger partial charge in [-0.3, -0.25) is 0 Å². The number of hydrogen-bond acceptors (Lipinski definition) is 6. The van der Waals surface area contributed by atoms with Crippen LogP contribution in [0.1, 0.15) is 51.9 Å². The number of nitrogens with zero attached hydrogens (tertiary/aromatic N) is 3. The van der Waals surface area contributed by atoms with Gasteiger partial charge in [-0.15, -0.1) is 0 Å². The molecule has 0 aromatic carbocycles. The van der Waals surface area contributed by atoms with E-state index in [1.807, 2.05) is 32.6 Å². The Hall–Kier alpha value is -1.40. The molecule has 114 valence electrons. The van der Waals surface area contributed by atoms with Crippen molar-refractivity contribution in [2.75, 3.05) is 23.4 Å². The first-order chi connectivity index (χ1) is 9.19. The molecule has 0 saturated carbocycles. The summed E-state index contributed by atoms with van der Waals surface area (Å²) < 4.78 is 0. The first-order valence-electron chi connectivity index (χ1n) is 7.02. The summed E-state index contributed by atoms with van der Waals surface area (Å²) in [7, 11) is 0. The number of nitrogens with two attached hydrogens (primary N) is 1. The van der Waals surface area contributed by atoms with E-state index in [-0.39, 0.29) is 5.92 Å². The summed E-state index contributed by atoms with van der Waals surface area (Å²) >= 11 is 0. The molecular weight excluding hydrogens is 254 g/mol. The van der Waals surface area contributed by atoms with E-state index in [0.29, 0.717) is 12.4 Å². The molecule has 0 radical (unpaired) electrons. The van der Waals surface area contributed by atoms with Crippen molar-refractivity contribution in [3.63, 3.8) is 0 Å². The molecule has 0 bridgehead atoms. The van der Waals surface area contributed by atoms with Gasteiger partial charge in [-0.2, -0.15) is 0 Å². The van der Waals surface area contributed by atoms with Crippen molar-refractivity contribution in [2.24, 2.45) is 5.84 Å². The normalized spacial score (nSPS) is 11.8. The average molecular weight is 281 g/mol. The maximum Gasteiger partial charge on any atom is 0.148 e. The van der Waals surface area contributed by atoms with E-state index in [1.54, 1.807) is 13.8 Å². The van der Waals surface area contributed by atoms with Crippen LogP contribution >= 0.6 is 0 Å². The van der Waals surface area contributed by atoms with E-state index in [0.717, 1.165) is 23.8 Å². The van der Waals surface area contributed by atoms with E-state index in [1.165, 1.54) is 0 Å². The number of aromatic nitrogens is 2. The molecule has 20 heavy (non-hydrogen) atoms. The topological polar surface area (TPSA) is 87.3 Å². The van der Waals surface area contributed by atoms with Crippen LogP contribution in [0.15, 0.2) is 0 Å². The number of aliphatic hydroxyl groups is 1. The van der Waals surface area contributed by atoms with Gasteiger partial charge in [0.25, 0.3) is 0 Å². The van der Waals surface area contributed by atoms with Crippen LogP contribution in [-0.2, 0) is 0 Å². The smallest absolute Gasteiger partial charge is 0.148 e. The minimum absolute atomic E-state index is 0.210. The molecule has 0 unspecified atom stereocenters. The van der Waals surface area contributed by atoms with Crippen molar-refractivity contribution in [2.45, 2.75) is 53.1 Å². The van der Waals surface area contributed by atoms with Gasteiger partial charge in [-0.25, -0.2) is 15.8 Å². The van der Waals surface area contributed by atoms with Crippen molar-refractivity contribution >= 4 is 11.6 Å². The summed E-state index contributed by atoms with van der Waals surface area (Å²) in [6.07, 6.45) is 0. The molecule has 0 atom stereocenters. The Morgan fingerprint density at radius 1 is 1.35 bits per heavy atom. The molecule has 6 heteroatoms. The highest BCUT2D eigenvalue weighted by atomic mass is 16.3. The van der Waals surface area contributed by atoms with Crippen LogP contribution in [0.3, 0.4) is 0 Å². The Labute approximate surface area is 121 Å². The molecule has 0 saturated heterocycles. The lowest BCUT2D eigenvalue weighted by Crippen LogP contribution is -2.39. The summed E-state index contributed by atoms with van der Waals surface area (Å²) in [6.45, 7) is 12.9. The first kappa shape index (κ1) is 16.7. The van der Waals surface area contributed by atoms with E-state index in [9.17, 15) is 5.11 Å². The fourth-order valence-electron chi connectivity index (χ4n) is 2.03. The van der Waals surface area contributed by atoms with Crippen LogP contribution in [0.5, 0.6) is 0 Å². The monoisotopic (exact) mass is 281 g/mol. The SMILES string of the molecule is CCN(CC(C)(C)O)c1nc(C(C)C)nc(NN)c1C. The number of hydrogen-bond donors (Lipinski definition) is 3. The zero-order valence-electron chi connectivity index (χ0n) is 13.4. The Kier molecular flexibility index (Phi) is 5.30.